The number of hydrogen-bond donors (Lipinski definition) is 5. The van der Waals surface area contributed by atoms with Gasteiger partial charge in [-0.15, -0.1) is 0 Å². The number of carbonyl (C=O) groups is 2. The highest BCUT2D eigenvalue weighted by Crippen LogP contribution is 2.68. The van der Waals surface area contributed by atoms with E-state index in [1.54, 1.807) is 0 Å². The van der Waals surface area contributed by atoms with Crippen LogP contribution in [0.25, 0.3) is 0 Å². The fourth-order valence-electron chi connectivity index (χ4n) is 8.95. The van der Waals surface area contributed by atoms with Gasteiger partial charge in [-0.1, -0.05) is 20.8 Å². The second-order valence-corrected chi connectivity index (χ2v) is 12.2. The fourth-order valence-corrected chi connectivity index (χ4v) is 8.95. The first-order valence-corrected chi connectivity index (χ1v) is 13.0. The Balaban J connectivity index is 1.49. The van der Waals surface area contributed by atoms with Crippen molar-refractivity contribution in [1.29, 1.82) is 0 Å². The first-order valence-electron chi connectivity index (χ1n) is 13.0. The van der Waals surface area contributed by atoms with Crippen LogP contribution in [-0.4, -0.2) is 57.2 Å². The predicted molar refractivity (Wildman–Crippen MR) is 123 cm³/mol. The van der Waals surface area contributed by atoms with Crippen molar-refractivity contribution in [2.75, 3.05) is 6.54 Å². The van der Waals surface area contributed by atoms with E-state index in [0.29, 0.717) is 25.2 Å². The lowest BCUT2D eigenvalue weighted by atomic mass is 9.43. The Morgan fingerprint density at radius 1 is 1.03 bits per heavy atom. The Kier molecular flexibility index (Phi) is 6.89. The molecule has 11 atom stereocenters. The highest BCUT2D eigenvalue weighted by atomic mass is 16.5. The Bertz CT molecular complexity index is 759. The van der Waals surface area contributed by atoms with Crippen molar-refractivity contribution in [2.45, 2.75) is 96.9 Å². The second-order valence-electron chi connectivity index (χ2n) is 12.2. The fraction of sp³-hybridized carbons (Fsp3) is 0.923. The number of rotatable bonds is 6. The third kappa shape index (κ3) is 4.23. The molecular weight excluding hydrogens is 423 g/mol. The Morgan fingerprint density at radius 2 is 1.76 bits per heavy atom. The molecule has 0 saturated heterocycles. The zero-order valence-electron chi connectivity index (χ0n) is 20.4. The van der Waals surface area contributed by atoms with Crippen LogP contribution in [0, 0.1) is 46.3 Å². The topological polar surface area (TPSA) is 127 Å². The molecule has 0 aromatic rings. The summed E-state index contributed by atoms with van der Waals surface area (Å²) in [4.78, 5) is 22.7. The molecule has 0 aromatic carbocycles. The number of carboxylic acids is 1. The number of carbonyl (C=O) groups excluding carboxylic acids is 1. The zero-order valence-corrected chi connectivity index (χ0v) is 20.4. The number of carboxylic acid groups (broad SMARTS) is 1. The molecule has 4 rings (SSSR count). The number of amides is 1. The van der Waals surface area contributed by atoms with E-state index in [2.05, 4.69) is 26.1 Å². The van der Waals surface area contributed by atoms with E-state index >= 15 is 0 Å². The molecular formula is C26H43NO6. The van der Waals surface area contributed by atoms with E-state index in [0.717, 1.165) is 38.5 Å². The molecule has 0 aliphatic heterocycles. The van der Waals surface area contributed by atoms with E-state index in [4.69, 9.17) is 5.11 Å². The van der Waals surface area contributed by atoms with Crippen LogP contribution < -0.4 is 5.32 Å². The van der Waals surface area contributed by atoms with Crippen LogP contribution in [-0.2, 0) is 9.59 Å². The van der Waals surface area contributed by atoms with Gasteiger partial charge < -0.3 is 25.7 Å². The predicted octanol–water partition coefficient (Wildman–Crippen LogP) is 2.56. The number of aliphatic carboxylic acids is 1. The summed E-state index contributed by atoms with van der Waals surface area (Å²) in [6, 6.07) is 0. The lowest BCUT2D eigenvalue weighted by Gasteiger charge is -2.63. The molecule has 0 aromatic heterocycles. The summed E-state index contributed by atoms with van der Waals surface area (Å²) in [5.74, 6) is 0.265. The van der Waals surface area contributed by atoms with Gasteiger partial charge in [-0.05, 0) is 97.7 Å². The molecule has 4 aliphatic carbocycles. The highest BCUT2D eigenvalue weighted by Gasteiger charge is 2.65. The van der Waals surface area contributed by atoms with E-state index in [1.807, 2.05) is 0 Å². The Morgan fingerprint density at radius 3 is 2.45 bits per heavy atom. The van der Waals surface area contributed by atoms with Crippen LogP contribution in [0.15, 0.2) is 0 Å². The van der Waals surface area contributed by atoms with Gasteiger partial charge in [0.1, 0.15) is 6.54 Å². The molecule has 188 valence electrons. The number of aliphatic hydroxyl groups excluding tert-OH is 3. The molecule has 1 amide bonds. The first-order chi connectivity index (χ1) is 15.5. The molecule has 4 fully saturated rings. The van der Waals surface area contributed by atoms with Crippen molar-refractivity contribution in [1.82, 2.24) is 5.32 Å². The van der Waals surface area contributed by atoms with Crippen molar-refractivity contribution in [3.05, 3.63) is 0 Å². The molecule has 0 radical (unpaired) electrons. The van der Waals surface area contributed by atoms with Crippen LogP contribution in [0.2, 0.25) is 0 Å². The number of nitrogens with one attached hydrogen (secondary N) is 1. The molecule has 7 nitrogen and oxygen atoms in total. The van der Waals surface area contributed by atoms with E-state index < -0.39 is 12.1 Å². The average molecular weight is 467 g/mol. The smallest absolute Gasteiger partial charge is 0.322 e. The largest absolute Gasteiger partial charge is 0.480 e. The summed E-state index contributed by atoms with van der Waals surface area (Å²) in [5, 5.41) is 44.4. The first kappa shape index (κ1) is 24.9. The van der Waals surface area contributed by atoms with Crippen LogP contribution in [0.5, 0.6) is 0 Å². The quantitative estimate of drug-likeness (QED) is 0.383. The minimum Gasteiger partial charge on any atom is -0.480 e. The maximum absolute atomic E-state index is 12.0. The standard InChI is InChI=1S/C26H43NO6/c1-14(4-7-22(31)27-13-23(32)33)17-5-6-18-24-19(12-21(30)26(17,18)3)25(2)9-8-16(28)10-15(25)11-20(24)29/h14-21,24,28-30H,4-13H2,1-3H3,(H,27,31)(H,32,33)/t14?,15?,16-,17-,18?,19?,20-,21+,24?,25+,26-/m1/s1/i23+1. The average Bonchev–Trinajstić information content (AvgIpc) is 3.11. The van der Waals surface area contributed by atoms with Crippen molar-refractivity contribution in [2.24, 2.45) is 46.3 Å². The van der Waals surface area contributed by atoms with Gasteiger partial charge in [0, 0.05) is 6.42 Å². The number of aliphatic hydroxyl groups is 3. The molecule has 4 aliphatic rings. The van der Waals surface area contributed by atoms with Crippen LogP contribution in [0.3, 0.4) is 0 Å². The normalized spacial score (nSPS) is 47.7. The van der Waals surface area contributed by atoms with Crippen molar-refractivity contribution in [3.63, 3.8) is 0 Å². The van der Waals surface area contributed by atoms with E-state index in [-0.39, 0.29) is 65.1 Å². The Labute approximate surface area is 197 Å². The molecule has 33 heavy (non-hydrogen) atoms. The SMILES string of the molecule is CC(CCC(=O)NC[13C](=O)O)[C@H]1CCC2C3C(C[C@H](O)[C@@]21C)[C@@]1(C)CC[C@@H](O)CC1C[C@H]3O. The van der Waals surface area contributed by atoms with Crippen LogP contribution >= 0.6 is 0 Å². The lowest BCUT2D eigenvalue weighted by Crippen LogP contribution is -2.62. The molecule has 0 spiro atoms. The van der Waals surface area contributed by atoms with Gasteiger partial charge in [0.2, 0.25) is 5.91 Å². The van der Waals surface area contributed by atoms with Crippen molar-refractivity contribution in [3.8, 4) is 0 Å². The number of hydrogen-bond acceptors (Lipinski definition) is 5. The zero-order chi connectivity index (χ0) is 24.1. The number of fused-ring (bicyclic) bond motifs is 5. The second kappa shape index (κ2) is 9.12. The van der Waals surface area contributed by atoms with Gasteiger partial charge in [0.25, 0.3) is 0 Å². The maximum Gasteiger partial charge on any atom is 0.322 e. The third-order valence-corrected chi connectivity index (χ3v) is 10.8. The van der Waals surface area contributed by atoms with Gasteiger partial charge in [0.15, 0.2) is 0 Å². The van der Waals surface area contributed by atoms with Crippen molar-refractivity contribution < 1.29 is 30.0 Å². The minimum absolute atomic E-state index is 0.0668. The molecule has 5 N–H and O–H groups in total. The van der Waals surface area contributed by atoms with Crippen molar-refractivity contribution >= 4 is 11.9 Å². The maximum atomic E-state index is 12.0. The summed E-state index contributed by atoms with van der Waals surface area (Å²) >= 11 is 0. The van der Waals surface area contributed by atoms with Gasteiger partial charge >= 0.3 is 5.97 Å². The third-order valence-electron chi connectivity index (χ3n) is 10.8. The van der Waals surface area contributed by atoms with E-state index in [1.165, 1.54) is 0 Å². The van der Waals surface area contributed by atoms with Crippen LogP contribution in [0.1, 0.15) is 78.6 Å². The van der Waals surface area contributed by atoms with Crippen LogP contribution in [0.4, 0.5) is 0 Å². The van der Waals surface area contributed by atoms with Gasteiger partial charge in [0.05, 0.1) is 18.3 Å². The highest BCUT2D eigenvalue weighted by molar-refractivity contribution is 5.81. The lowest BCUT2D eigenvalue weighted by molar-refractivity contribution is -0.207. The molecule has 7 heteroatoms. The van der Waals surface area contributed by atoms with E-state index in [9.17, 15) is 24.9 Å². The molecule has 0 heterocycles. The minimum atomic E-state index is -1.04. The summed E-state index contributed by atoms with van der Waals surface area (Å²) in [7, 11) is 0. The molecule has 4 saturated carbocycles. The van der Waals surface area contributed by atoms with Gasteiger partial charge in [-0.2, -0.15) is 0 Å². The summed E-state index contributed by atoms with van der Waals surface area (Å²) in [6.07, 6.45) is 5.86. The molecule has 5 unspecified atom stereocenters. The summed E-state index contributed by atoms with van der Waals surface area (Å²) in [6.45, 7) is 6.35. The summed E-state index contributed by atoms with van der Waals surface area (Å²) < 4.78 is 0. The summed E-state index contributed by atoms with van der Waals surface area (Å²) in [5.41, 5.74) is -0.214. The molecule has 0 bridgehead atoms. The Hall–Kier alpha value is -1.18. The van der Waals surface area contributed by atoms with Gasteiger partial charge in [-0.3, -0.25) is 9.59 Å². The van der Waals surface area contributed by atoms with Gasteiger partial charge in [-0.25, -0.2) is 0 Å². The monoisotopic (exact) mass is 466 g/mol.